The lowest BCUT2D eigenvalue weighted by atomic mass is 10.1. The molecule has 0 aliphatic carbocycles. The van der Waals surface area contributed by atoms with E-state index in [1.165, 1.54) is 20.7 Å². The summed E-state index contributed by atoms with van der Waals surface area (Å²) < 4.78 is 67.4. The summed E-state index contributed by atoms with van der Waals surface area (Å²) in [6, 6.07) is 6.64. The minimum atomic E-state index is -3.94. The lowest BCUT2D eigenvalue weighted by Crippen LogP contribution is -2.51. The van der Waals surface area contributed by atoms with Crippen molar-refractivity contribution in [2.75, 3.05) is 19.3 Å². The van der Waals surface area contributed by atoms with Crippen LogP contribution in [-0.4, -0.2) is 55.8 Å². The van der Waals surface area contributed by atoms with Crippen molar-refractivity contribution < 1.29 is 21.2 Å². The van der Waals surface area contributed by atoms with Crippen molar-refractivity contribution in [3.8, 4) is 0 Å². The molecule has 1 aliphatic heterocycles. The van der Waals surface area contributed by atoms with Gasteiger partial charge in [-0.05, 0) is 49.1 Å². The average molecular weight is 442 g/mol. The molecule has 1 atom stereocenters. The van der Waals surface area contributed by atoms with Crippen molar-refractivity contribution in [3.05, 3.63) is 59.7 Å². The number of sulfonamides is 2. The van der Waals surface area contributed by atoms with Gasteiger partial charge in [-0.2, -0.15) is 8.61 Å². The van der Waals surface area contributed by atoms with E-state index < -0.39 is 31.9 Å². The fourth-order valence-electron chi connectivity index (χ4n) is 3.55. The van der Waals surface area contributed by atoms with Crippen molar-refractivity contribution in [3.63, 3.8) is 0 Å². The van der Waals surface area contributed by atoms with Crippen LogP contribution in [0, 0.1) is 12.7 Å². The molecule has 0 spiro atoms. The molecule has 2 aromatic rings. The third-order valence-corrected chi connectivity index (χ3v) is 8.31. The summed E-state index contributed by atoms with van der Waals surface area (Å²) in [6.45, 7) is 2.01. The van der Waals surface area contributed by atoms with Crippen molar-refractivity contribution in [1.29, 1.82) is 0 Å². The van der Waals surface area contributed by atoms with Crippen LogP contribution in [-0.2, 0) is 26.6 Å². The fraction of sp³-hybridized carbons (Fsp3) is 0.421. The highest BCUT2D eigenvalue weighted by Crippen LogP contribution is 2.27. The van der Waals surface area contributed by atoms with Crippen LogP contribution in [0.4, 0.5) is 4.39 Å². The Balaban J connectivity index is 1.89. The SMILES string of the molecule is Cc1ccc(F)cc1S(=O)(=O)N1CCCC(N(Cc2cccnc2)S(C)(=O)=O)C1. The van der Waals surface area contributed by atoms with E-state index in [-0.39, 0.29) is 24.5 Å². The molecule has 0 saturated carbocycles. The molecule has 158 valence electrons. The molecule has 1 aromatic heterocycles. The monoisotopic (exact) mass is 441 g/mol. The Morgan fingerprint density at radius 2 is 2.00 bits per heavy atom. The van der Waals surface area contributed by atoms with E-state index in [1.54, 1.807) is 31.5 Å². The third kappa shape index (κ3) is 5.00. The van der Waals surface area contributed by atoms with Crippen LogP contribution in [0.5, 0.6) is 0 Å². The van der Waals surface area contributed by atoms with Gasteiger partial charge in [-0.15, -0.1) is 0 Å². The minimum Gasteiger partial charge on any atom is -0.264 e. The van der Waals surface area contributed by atoms with Gasteiger partial charge < -0.3 is 0 Å². The summed E-state index contributed by atoms with van der Waals surface area (Å²) in [4.78, 5) is 3.93. The van der Waals surface area contributed by atoms with Crippen molar-refractivity contribution >= 4 is 20.0 Å². The number of pyridine rings is 1. The molecule has 1 aliphatic rings. The zero-order valence-electron chi connectivity index (χ0n) is 16.3. The zero-order chi connectivity index (χ0) is 21.2. The maximum Gasteiger partial charge on any atom is 0.243 e. The second kappa shape index (κ2) is 8.47. The molecule has 1 unspecified atom stereocenters. The highest BCUT2D eigenvalue weighted by Gasteiger charge is 2.36. The lowest BCUT2D eigenvalue weighted by Gasteiger charge is -2.37. The summed E-state index contributed by atoms with van der Waals surface area (Å²) >= 11 is 0. The van der Waals surface area contributed by atoms with Crippen LogP contribution in [0.3, 0.4) is 0 Å². The standard InChI is InChI=1S/C19H24FN3O4S2/c1-15-7-8-17(20)11-19(15)29(26,27)22-10-4-6-18(14-22)23(28(2,24)25)13-16-5-3-9-21-12-16/h3,5,7-9,11-12,18H,4,6,10,13-14H2,1-2H3. The summed E-state index contributed by atoms with van der Waals surface area (Å²) in [7, 11) is -7.53. The summed E-state index contributed by atoms with van der Waals surface area (Å²) in [5.74, 6) is -0.628. The molecule has 3 rings (SSSR count). The number of benzene rings is 1. The van der Waals surface area contributed by atoms with Gasteiger partial charge in [0, 0.05) is 38.1 Å². The normalized spacial score (nSPS) is 18.8. The first-order chi connectivity index (χ1) is 13.6. The number of hydrogen-bond acceptors (Lipinski definition) is 5. The number of piperidine rings is 1. The molecular weight excluding hydrogens is 417 g/mol. The predicted molar refractivity (Wildman–Crippen MR) is 108 cm³/mol. The number of halogens is 1. The highest BCUT2D eigenvalue weighted by molar-refractivity contribution is 7.89. The quantitative estimate of drug-likeness (QED) is 0.685. The van der Waals surface area contributed by atoms with E-state index in [1.807, 2.05) is 0 Å². The Morgan fingerprint density at radius 1 is 1.24 bits per heavy atom. The van der Waals surface area contributed by atoms with Crippen LogP contribution in [0.15, 0.2) is 47.6 Å². The maximum absolute atomic E-state index is 13.7. The van der Waals surface area contributed by atoms with Crippen molar-refractivity contribution in [2.24, 2.45) is 0 Å². The molecule has 0 bridgehead atoms. The van der Waals surface area contributed by atoms with Crippen LogP contribution in [0.2, 0.25) is 0 Å². The van der Waals surface area contributed by atoms with Crippen molar-refractivity contribution in [2.45, 2.75) is 37.2 Å². The third-order valence-electron chi connectivity index (χ3n) is 5.02. The zero-order valence-corrected chi connectivity index (χ0v) is 18.0. The molecule has 1 aromatic carbocycles. The first-order valence-electron chi connectivity index (χ1n) is 9.21. The van der Waals surface area contributed by atoms with Crippen LogP contribution in [0.25, 0.3) is 0 Å². The Labute approximate surface area is 171 Å². The smallest absolute Gasteiger partial charge is 0.243 e. The molecule has 0 N–H and O–H groups in total. The predicted octanol–water partition coefficient (Wildman–Crippen LogP) is 2.14. The van der Waals surface area contributed by atoms with E-state index in [4.69, 9.17) is 0 Å². The van der Waals surface area contributed by atoms with Gasteiger partial charge in [-0.1, -0.05) is 12.1 Å². The molecule has 10 heteroatoms. The van der Waals surface area contributed by atoms with Gasteiger partial charge >= 0.3 is 0 Å². The number of aromatic nitrogens is 1. The minimum absolute atomic E-state index is 0.0195. The molecule has 1 fully saturated rings. The Kier molecular flexibility index (Phi) is 6.37. The van der Waals surface area contributed by atoms with Crippen LogP contribution < -0.4 is 0 Å². The van der Waals surface area contributed by atoms with Gasteiger partial charge in [-0.25, -0.2) is 21.2 Å². The molecule has 7 nitrogen and oxygen atoms in total. The molecule has 0 amide bonds. The second-order valence-electron chi connectivity index (χ2n) is 7.24. The largest absolute Gasteiger partial charge is 0.264 e. The molecular formula is C19H24FN3O4S2. The second-order valence-corrected chi connectivity index (χ2v) is 11.1. The van der Waals surface area contributed by atoms with Gasteiger partial charge in [-0.3, -0.25) is 4.98 Å². The fourth-order valence-corrected chi connectivity index (χ4v) is 6.40. The molecule has 0 radical (unpaired) electrons. The van der Waals surface area contributed by atoms with Crippen LogP contribution in [0.1, 0.15) is 24.0 Å². The van der Waals surface area contributed by atoms with E-state index in [0.717, 1.165) is 17.9 Å². The van der Waals surface area contributed by atoms with Gasteiger partial charge in [0.1, 0.15) is 5.82 Å². The highest BCUT2D eigenvalue weighted by atomic mass is 32.2. The summed E-state index contributed by atoms with van der Waals surface area (Å²) in [6.07, 6.45) is 5.36. The molecule has 1 saturated heterocycles. The molecule has 2 heterocycles. The summed E-state index contributed by atoms with van der Waals surface area (Å²) in [5, 5.41) is 0. The first-order valence-corrected chi connectivity index (χ1v) is 12.5. The van der Waals surface area contributed by atoms with Gasteiger partial charge in [0.05, 0.1) is 11.2 Å². The van der Waals surface area contributed by atoms with E-state index in [9.17, 15) is 21.2 Å². The average Bonchev–Trinajstić information content (AvgIpc) is 2.68. The topological polar surface area (TPSA) is 87.7 Å². The summed E-state index contributed by atoms with van der Waals surface area (Å²) in [5.41, 5.74) is 1.17. The Morgan fingerprint density at radius 3 is 2.66 bits per heavy atom. The van der Waals surface area contributed by atoms with Gasteiger partial charge in [0.15, 0.2) is 0 Å². The van der Waals surface area contributed by atoms with Crippen LogP contribution >= 0.6 is 0 Å². The number of aryl methyl sites for hydroxylation is 1. The van der Waals surface area contributed by atoms with Crippen molar-refractivity contribution in [1.82, 2.24) is 13.6 Å². The Hall–Kier alpha value is -1.88. The number of nitrogens with zero attached hydrogens (tertiary/aromatic N) is 3. The number of hydrogen-bond donors (Lipinski definition) is 0. The van der Waals surface area contributed by atoms with E-state index >= 15 is 0 Å². The number of rotatable bonds is 6. The van der Waals surface area contributed by atoms with E-state index in [0.29, 0.717) is 18.4 Å². The molecule has 29 heavy (non-hydrogen) atoms. The Bertz CT molecular complexity index is 1080. The maximum atomic E-state index is 13.7. The van der Waals surface area contributed by atoms with E-state index in [2.05, 4.69) is 4.98 Å². The lowest BCUT2D eigenvalue weighted by molar-refractivity contribution is 0.206. The van der Waals surface area contributed by atoms with Gasteiger partial charge in [0.25, 0.3) is 0 Å². The van der Waals surface area contributed by atoms with Gasteiger partial charge in [0.2, 0.25) is 20.0 Å². The first kappa shape index (κ1) is 21.8.